The molecular formula is C14H23N3O2. The van der Waals surface area contributed by atoms with Gasteiger partial charge in [-0.25, -0.2) is 9.97 Å². The van der Waals surface area contributed by atoms with E-state index in [2.05, 4.69) is 15.3 Å². The summed E-state index contributed by atoms with van der Waals surface area (Å²) in [6.45, 7) is 1.58. The molecule has 0 aliphatic heterocycles. The molecule has 1 aliphatic carbocycles. The number of nitrogens with one attached hydrogen (secondary N) is 1. The first-order chi connectivity index (χ1) is 9.34. The second kappa shape index (κ2) is 8.19. The van der Waals surface area contributed by atoms with Gasteiger partial charge in [-0.3, -0.25) is 0 Å². The van der Waals surface area contributed by atoms with E-state index in [9.17, 15) is 5.11 Å². The molecule has 1 aromatic heterocycles. The van der Waals surface area contributed by atoms with Gasteiger partial charge in [-0.1, -0.05) is 19.3 Å². The van der Waals surface area contributed by atoms with E-state index in [-0.39, 0.29) is 0 Å². The molecule has 1 fully saturated rings. The van der Waals surface area contributed by atoms with Crippen LogP contribution in [0.5, 0.6) is 0 Å². The Morgan fingerprint density at radius 1 is 1.37 bits per heavy atom. The van der Waals surface area contributed by atoms with E-state index < -0.39 is 6.10 Å². The van der Waals surface area contributed by atoms with Gasteiger partial charge in [-0.2, -0.15) is 0 Å². The largest absolute Gasteiger partial charge is 0.389 e. The summed E-state index contributed by atoms with van der Waals surface area (Å²) in [5.74, 6) is 0. The Morgan fingerprint density at radius 3 is 2.95 bits per heavy atom. The first-order valence-electron chi connectivity index (χ1n) is 7.10. The van der Waals surface area contributed by atoms with Gasteiger partial charge in [-0.15, -0.1) is 0 Å². The van der Waals surface area contributed by atoms with Crippen molar-refractivity contribution < 1.29 is 9.84 Å². The minimum Gasteiger partial charge on any atom is -0.389 e. The number of rotatable bonds is 7. The highest BCUT2D eigenvalue weighted by Crippen LogP contribution is 2.20. The highest BCUT2D eigenvalue weighted by molar-refractivity contribution is 4.96. The second-order valence-corrected chi connectivity index (χ2v) is 5.08. The molecule has 0 saturated heterocycles. The fourth-order valence-corrected chi connectivity index (χ4v) is 2.33. The van der Waals surface area contributed by atoms with Crippen LogP contribution in [-0.4, -0.2) is 40.4 Å². The molecule has 0 spiro atoms. The molecule has 1 aromatic rings. The number of nitrogens with zero attached hydrogens (tertiary/aromatic N) is 2. The average Bonchev–Trinajstić information content (AvgIpc) is 2.47. The Morgan fingerprint density at radius 2 is 2.21 bits per heavy atom. The van der Waals surface area contributed by atoms with Gasteiger partial charge < -0.3 is 15.2 Å². The van der Waals surface area contributed by atoms with Crippen LogP contribution in [0.1, 0.15) is 37.8 Å². The minimum absolute atomic E-state index is 0.352. The van der Waals surface area contributed by atoms with Crippen molar-refractivity contribution in [1.82, 2.24) is 15.3 Å². The standard InChI is InChI=1S/C14H23N3O2/c18-13(10-19-14-4-2-1-3-5-14)9-16-8-12-6-7-15-11-17-12/h6-7,11,13-14,16,18H,1-5,8-10H2. The van der Waals surface area contributed by atoms with Gasteiger partial charge in [0.2, 0.25) is 0 Å². The molecule has 106 valence electrons. The third-order valence-corrected chi connectivity index (χ3v) is 3.41. The number of aromatic nitrogens is 2. The number of hydrogen-bond donors (Lipinski definition) is 2. The highest BCUT2D eigenvalue weighted by atomic mass is 16.5. The maximum Gasteiger partial charge on any atom is 0.115 e. The lowest BCUT2D eigenvalue weighted by Crippen LogP contribution is -2.32. The van der Waals surface area contributed by atoms with Crippen LogP contribution in [0.3, 0.4) is 0 Å². The maximum atomic E-state index is 9.84. The third-order valence-electron chi connectivity index (χ3n) is 3.41. The molecule has 1 heterocycles. The van der Waals surface area contributed by atoms with Gasteiger partial charge in [0.15, 0.2) is 0 Å². The van der Waals surface area contributed by atoms with Gasteiger partial charge >= 0.3 is 0 Å². The molecular weight excluding hydrogens is 242 g/mol. The molecule has 2 N–H and O–H groups in total. The smallest absolute Gasteiger partial charge is 0.115 e. The summed E-state index contributed by atoms with van der Waals surface area (Å²) in [5, 5.41) is 13.0. The van der Waals surface area contributed by atoms with Crippen LogP contribution >= 0.6 is 0 Å². The van der Waals surface area contributed by atoms with Crippen LogP contribution < -0.4 is 5.32 Å². The molecule has 0 bridgehead atoms. The molecule has 1 atom stereocenters. The number of aliphatic hydroxyl groups is 1. The summed E-state index contributed by atoms with van der Waals surface area (Å²) in [5.41, 5.74) is 0.926. The van der Waals surface area contributed by atoms with Crippen LogP contribution in [0.4, 0.5) is 0 Å². The van der Waals surface area contributed by atoms with Crippen LogP contribution in [0, 0.1) is 0 Å². The minimum atomic E-state index is -0.455. The van der Waals surface area contributed by atoms with Crippen molar-refractivity contribution in [3.05, 3.63) is 24.3 Å². The van der Waals surface area contributed by atoms with E-state index in [4.69, 9.17) is 4.74 Å². The zero-order valence-electron chi connectivity index (χ0n) is 11.3. The summed E-state index contributed by atoms with van der Waals surface area (Å²) in [6, 6.07) is 1.86. The van der Waals surface area contributed by atoms with Gasteiger partial charge in [0, 0.05) is 19.3 Å². The topological polar surface area (TPSA) is 67.3 Å². The van der Waals surface area contributed by atoms with E-state index in [1.165, 1.54) is 25.6 Å². The van der Waals surface area contributed by atoms with Gasteiger partial charge in [0.05, 0.1) is 24.5 Å². The summed E-state index contributed by atoms with van der Waals surface area (Å²) in [6.07, 6.45) is 9.26. The molecule has 0 radical (unpaired) electrons. The molecule has 1 aliphatic rings. The molecule has 1 saturated carbocycles. The Labute approximate surface area is 114 Å². The molecule has 1 unspecified atom stereocenters. The summed E-state index contributed by atoms with van der Waals surface area (Å²) in [7, 11) is 0. The normalized spacial score (nSPS) is 18.4. The third kappa shape index (κ3) is 5.63. The Bertz CT molecular complexity index is 342. The molecule has 19 heavy (non-hydrogen) atoms. The summed E-state index contributed by atoms with van der Waals surface area (Å²) < 4.78 is 5.73. The lowest BCUT2D eigenvalue weighted by molar-refractivity contribution is -0.0230. The lowest BCUT2D eigenvalue weighted by Gasteiger charge is -2.23. The molecule has 2 rings (SSSR count). The van der Waals surface area contributed by atoms with Crippen LogP contribution in [0.15, 0.2) is 18.6 Å². The predicted molar refractivity (Wildman–Crippen MR) is 72.6 cm³/mol. The fraction of sp³-hybridized carbons (Fsp3) is 0.714. The number of hydrogen-bond acceptors (Lipinski definition) is 5. The van der Waals surface area contributed by atoms with Crippen LogP contribution in [-0.2, 0) is 11.3 Å². The fourth-order valence-electron chi connectivity index (χ4n) is 2.33. The SMILES string of the molecule is OC(CNCc1ccncn1)COC1CCCCC1. The van der Waals surface area contributed by atoms with Gasteiger partial charge in [0.1, 0.15) is 6.33 Å². The Balaban J connectivity index is 1.55. The molecule has 5 nitrogen and oxygen atoms in total. The van der Waals surface area contributed by atoms with Gasteiger partial charge in [-0.05, 0) is 18.9 Å². The van der Waals surface area contributed by atoms with E-state index in [1.807, 2.05) is 6.07 Å². The van der Waals surface area contributed by atoms with E-state index in [1.54, 1.807) is 6.20 Å². The van der Waals surface area contributed by atoms with Crippen molar-refractivity contribution in [3.63, 3.8) is 0 Å². The maximum absolute atomic E-state index is 9.84. The zero-order chi connectivity index (χ0) is 13.3. The van der Waals surface area contributed by atoms with Crippen molar-refractivity contribution in [3.8, 4) is 0 Å². The van der Waals surface area contributed by atoms with E-state index in [0.29, 0.717) is 25.8 Å². The van der Waals surface area contributed by atoms with Crippen molar-refractivity contribution in [2.75, 3.05) is 13.2 Å². The first-order valence-corrected chi connectivity index (χ1v) is 7.10. The number of aliphatic hydroxyl groups excluding tert-OH is 1. The van der Waals surface area contributed by atoms with Crippen LogP contribution in [0.25, 0.3) is 0 Å². The number of ether oxygens (including phenoxy) is 1. The highest BCUT2D eigenvalue weighted by Gasteiger charge is 2.15. The van der Waals surface area contributed by atoms with Crippen molar-refractivity contribution in [1.29, 1.82) is 0 Å². The summed E-state index contributed by atoms with van der Waals surface area (Å²) in [4.78, 5) is 7.97. The molecule has 0 amide bonds. The summed E-state index contributed by atoms with van der Waals surface area (Å²) >= 11 is 0. The van der Waals surface area contributed by atoms with Gasteiger partial charge in [0.25, 0.3) is 0 Å². The molecule has 5 heteroatoms. The Kier molecular flexibility index (Phi) is 6.20. The van der Waals surface area contributed by atoms with Crippen molar-refractivity contribution in [2.24, 2.45) is 0 Å². The van der Waals surface area contributed by atoms with Crippen molar-refractivity contribution in [2.45, 2.75) is 50.9 Å². The predicted octanol–water partition coefficient (Wildman–Crippen LogP) is 1.28. The quantitative estimate of drug-likeness (QED) is 0.777. The second-order valence-electron chi connectivity index (χ2n) is 5.08. The van der Waals surface area contributed by atoms with E-state index >= 15 is 0 Å². The van der Waals surface area contributed by atoms with E-state index in [0.717, 1.165) is 18.5 Å². The average molecular weight is 265 g/mol. The van der Waals surface area contributed by atoms with Crippen molar-refractivity contribution >= 4 is 0 Å². The monoisotopic (exact) mass is 265 g/mol. The first kappa shape index (κ1) is 14.4. The zero-order valence-corrected chi connectivity index (χ0v) is 11.3. The van der Waals surface area contributed by atoms with Crippen LogP contribution in [0.2, 0.25) is 0 Å². The Hall–Kier alpha value is -1.04. The lowest BCUT2D eigenvalue weighted by atomic mass is 9.98. The molecule has 0 aromatic carbocycles.